The molecule has 1 aromatic heterocycles. The predicted octanol–water partition coefficient (Wildman–Crippen LogP) is 1.38. The number of piperidine rings is 1. The zero-order valence-corrected chi connectivity index (χ0v) is 15.4. The topological polar surface area (TPSA) is 82.7 Å². The number of aromatic nitrogens is 1. The molecule has 0 saturated carbocycles. The van der Waals surface area contributed by atoms with E-state index in [2.05, 4.69) is 4.98 Å². The first-order valence-corrected chi connectivity index (χ1v) is 9.51. The average molecular weight is 387 g/mol. The Labute approximate surface area is 161 Å². The lowest BCUT2D eigenvalue weighted by molar-refractivity contribution is -0.141. The number of carbonyl (C=O) groups excluding carboxylic acids is 2. The predicted molar refractivity (Wildman–Crippen MR) is 101 cm³/mol. The molecule has 0 bridgehead atoms. The molecule has 1 N–H and O–H groups in total. The molecule has 3 heterocycles. The molecule has 0 radical (unpaired) electrons. The number of aromatic amines is 1. The second-order valence-corrected chi connectivity index (χ2v) is 7.25. The van der Waals surface area contributed by atoms with Crippen LogP contribution in [0, 0.1) is 11.7 Å². The van der Waals surface area contributed by atoms with Crippen LogP contribution in [0.2, 0.25) is 0 Å². The maximum atomic E-state index is 13.3. The van der Waals surface area contributed by atoms with Gasteiger partial charge in [0.15, 0.2) is 0 Å². The summed E-state index contributed by atoms with van der Waals surface area (Å²) in [7, 11) is 0. The maximum Gasteiger partial charge on any atom is 0.261 e. The van der Waals surface area contributed by atoms with Crippen LogP contribution in [0.1, 0.15) is 23.2 Å². The van der Waals surface area contributed by atoms with Crippen molar-refractivity contribution in [2.24, 2.45) is 5.92 Å². The van der Waals surface area contributed by atoms with Crippen LogP contribution in [0.5, 0.6) is 0 Å². The van der Waals surface area contributed by atoms with Crippen LogP contribution in [-0.2, 0) is 9.53 Å². The number of nitrogens with one attached hydrogen (secondary N) is 1. The minimum Gasteiger partial charge on any atom is -0.378 e. The smallest absolute Gasteiger partial charge is 0.261 e. The van der Waals surface area contributed by atoms with E-state index in [1.54, 1.807) is 4.90 Å². The van der Waals surface area contributed by atoms with Crippen LogP contribution >= 0.6 is 0 Å². The van der Waals surface area contributed by atoms with E-state index in [0.717, 1.165) is 0 Å². The minimum absolute atomic E-state index is 0.0389. The van der Waals surface area contributed by atoms with Crippen LogP contribution in [0.3, 0.4) is 0 Å². The van der Waals surface area contributed by atoms with Crippen molar-refractivity contribution >= 4 is 22.7 Å². The number of nitrogens with zero attached hydrogens (tertiary/aromatic N) is 2. The van der Waals surface area contributed by atoms with Crippen molar-refractivity contribution in [2.75, 3.05) is 39.4 Å². The van der Waals surface area contributed by atoms with Gasteiger partial charge in [-0.2, -0.15) is 0 Å². The number of rotatable bonds is 2. The number of amides is 2. The molecule has 28 heavy (non-hydrogen) atoms. The molecule has 2 amide bonds. The SMILES string of the molecule is O=C(c1cc2ccc(F)cc2[nH]c1=O)N1CCC(C(=O)N2CCOCC2)CC1. The lowest BCUT2D eigenvalue weighted by Gasteiger charge is -2.35. The third-order valence-corrected chi connectivity index (χ3v) is 5.49. The van der Waals surface area contributed by atoms with Crippen molar-refractivity contribution in [3.63, 3.8) is 0 Å². The molecule has 2 aliphatic heterocycles. The first kappa shape index (κ1) is 18.6. The summed E-state index contributed by atoms with van der Waals surface area (Å²) < 4.78 is 18.6. The molecule has 148 valence electrons. The molecule has 0 aliphatic carbocycles. The van der Waals surface area contributed by atoms with Gasteiger partial charge in [-0.15, -0.1) is 0 Å². The van der Waals surface area contributed by atoms with Crippen molar-refractivity contribution in [1.82, 2.24) is 14.8 Å². The Morgan fingerprint density at radius 1 is 1.04 bits per heavy atom. The number of halogens is 1. The van der Waals surface area contributed by atoms with Gasteiger partial charge in [0.2, 0.25) is 5.91 Å². The molecular formula is C20H22FN3O4. The number of H-pyrrole nitrogens is 1. The van der Waals surface area contributed by atoms with Gasteiger partial charge in [-0.1, -0.05) is 0 Å². The van der Waals surface area contributed by atoms with Crippen LogP contribution in [0.15, 0.2) is 29.1 Å². The van der Waals surface area contributed by atoms with Gasteiger partial charge >= 0.3 is 0 Å². The van der Waals surface area contributed by atoms with Gasteiger partial charge in [-0.25, -0.2) is 4.39 Å². The Bertz CT molecular complexity index is 960. The Balaban J connectivity index is 1.44. The summed E-state index contributed by atoms with van der Waals surface area (Å²) >= 11 is 0. The number of pyridine rings is 1. The summed E-state index contributed by atoms with van der Waals surface area (Å²) in [5.74, 6) is -0.778. The fourth-order valence-corrected chi connectivity index (χ4v) is 3.87. The molecule has 2 aromatic rings. The highest BCUT2D eigenvalue weighted by Gasteiger charge is 2.31. The second kappa shape index (κ2) is 7.71. The van der Waals surface area contributed by atoms with E-state index in [1.807, 2.05) is 4.90 Å². The van der Waals surface area contributed by atoms with Crippen molar-refractivity contribution < 1.29 is 18.7 Å². The van der Waals surface area contributed by atoms with Gasteiger partial charge in [0.25, 0.3) is 11.5 Å². The number of morpholine rings is 1. The monoisotopic (exact) mass is 387 g/mol. The highest BCUT2D eigenvalue weighted by atomic mass is 19.1. The molecule has 2 saturated heterocycles. The average Bonchev–Trinajstić information content (AvgIpc) is 2.73. The zero-order chi connectivity index (χ0) is 19.7. The molecule has 1 aromatic carbocycles. The van der Waals surface area contributed by atoms with E-state index in [4.69, 9.17) is 4.74 Å². The van der Waals surface area contributed by atoms with Crippen molar-refractivity contribution in [2.45, 2.75) is 12.8 Å². The summed E-state index contributed by atoms with van der Waals surface area (Å²) in [6.07, 6.45) is 1.16. The summed E-state index contributed by atoms with van der Waals surface area (Å²) in [4.78, 5) is 43.8. The maximum absolute atomic E-state index is 13.3. The molecule has 4 rings (SSSR count). The van der Waals surface area contributed by atoms with Gasteiger partial charge in [0, 0.05) is 32.1 Å². The molecule has 2 aliphatic rings. The molecule has 0 atom stereocenters. The summed E-state index contributed by atoms with van der Waals surface area (Å²) in [5.41, 5.74) is -0.136. The minimum atomic E-state index is -0.533. The van der Waals surface area contributed by atoms with E-state index in [1.165, 1.54) is 24.3 Å². The number of fused-ring (bicyclic) bond motifs is 1. The van der Waals surface area contributed by atoms with Crippen molar-refractivity contribution in [1.29, 1.82) is 0 Å². The number of benzene rings is 1. The number of hydrogen-bond donors (Lipinski definition) is 1. The lowest BCUT2D eigenvalue weighted by atomic mass is 9.94. The van der Waals surface area contributed by atoms with Gasteiger partial charge in [0.1, 0.15) is 11.4 Å². The van der Waals surface area contributed by atoms with E-state index >= 15 is 0 Å². The van der Waals surface area contributed by atoms with E-state index in [9.17, 15) is 18.8 Å². The Morgan fingerprint density at radius 3 is 2.46 bits per heavy atom. The third kappa shape index (κ3) is 3.64. The molecule has 7 nitrogen and oxygen atoms in total. The van der Waals surface area contributed by atoms with Gasteiger partial charge in [-0.3, -0.25) is 14.4 Å². The number of ether oxygens (including phenoxy) is 1. The summed E-state index contributed by atoms with van der Waals surface area (Å²) in [5, 5.41) is 0.599. The summed E-state index contributed by atoms with van der Waals surface area (Å²) in [6, 6.07) is 5.55. The normalized spacial score (nSPS) is 18.5. The first-order chi connectivity index (χ1) is 13.5. The van der Waals surface area contributed by atoms with Crippen LogP contribution in [-0.4, -0.2) is 66.0 Å². The number of likely N-dealkylation sites (tertiary alicyclic amines) is 1. The lowest BCUT2D eigenvalue weighted by Crippen LogP contribution is -2.48. The Hall–Kier alpha value is -2.74. The van der Waals surface area contributed by atoms with Crippen LogP contribution in [0.25, 0.3) is 10.9 Å². The molecule has 0 unspecified atom stereocenters. The fraction of sp³-hybridized carbons (Fsp3) is 0.450. The van der Waals surface area contributed by atoms with Crippen molar-refractivity contribution in [3.8, 4) is 0 Å². The van der Waals surface area contributed by atoms with Crippen LogP contribution < -0.4 is 5.56 Å². The summed E-state index contributed by atoms with van der Waals surface area (Å²) in [6.45, 7) is 3.23. The molecule has 8 heteroatoms. The number of hydrogen-bond acceptors (Lipinski definition) is 4. The number of carbonyl (C=O) groups is 2. The molecular weight excluding hydrogens is 365 g/mol. The highest BCUT2D eigenvalue weighted by molar-refractivity contribution is 5.97. The van der Waals surface area contributed by atoms with Gasteiger partial charge in [0.05, 0.1) is 18.7 Å². The van der Waals surface area contributed by atoms with Gasteiger partial charge in [-0.05, 0) is 42.5 Å². The van der Waals surface area contributed by atoms with E-state index in [-0.39, 0.29) is 23.3 Å². The van der Waals surface area contributed by atoms with E-state index in [0.29, 0.717) is 63.1 Å². The fourth-order valence-electron chi connectivity index (χ4n) is 3.87. The Kier molecular flexibility index (Phi) is 5.13. The molecule has 2 fully saturated rings. The Morgan fingerprint density at radius 2 is 1.75 bits per heavy atom. The van der Waals surface area contributed by atoms with Gasteiger partial charge < -0.3 is 19.5 Å². The zero-order valence-electron chi connectivity index (χ0n) is 15.4. The molecule has 0 spiro atoms. The quantitative estimate of drug-likeness (QED) is 0.844. The van der Waals surface area contributed by atoms with Crippen LogP contribution in [0.4, 0.5) is 4.39 Å². The highest BCUT2D eigenvalue weighted by Crippen LogP contribution is 2.22. The van der Waals surface area contributed by atoms with E-state index < -0.39 is 11.4 Å². The van der Waals surface area contributed by atoms with Crippen molar-refractivity contribution in [3.05, 3.63) is 46.0 Å². The largest absolute Gasteiger partial charge is 0.378 e. The second-order valence-electron chi connectivity index (χ2n) is 7.25. The third-order valence-electron chi connectivity index (χ3n) is 5.49. The first-order valence-electron chi connectivity index (χ1n) is 9.51. The standard InChI is InChI=1S/C20H22FN3O4/c21-15-2-1-14-11-16(18(25)22-17(14)12-15)20(27)23-5-3-13(4-6-23)19(26)24-7-9-28-10-8-24/h1-2,11-13H,3-10H2,(H,22,25).